The van der Waals surface area contributed by atoms with Crippen LogP contribution in [0.3, 0.4) is 0 Å². The summed E-state index contributed by atoms with van der Waals surface area (Å²) in [6.45, 7) is 0.134. The summed E-state index contributed by atoms with van der Waals surface area (Å²) < 4.78 is 4.48. The summed E-state index contributed by atoms with van der Waals surface area (Å²) >= 11 is 5.03. The van der Waals surface area contributed by atoms with Crippen molar-refractivity contribution in [2.45, 2.75) is 31.7 Å². The van der Waals surface area contributed by atoms with E-state index in [1.54, 1.807) is 0 Å². The zero-order valence-electron chi connectivity index (χ0n) is 8.34. The van der Waals surface area contributed by atoms with Crippen molar-refractivity contribution in [2.75, 3.05) is 13.7 Å². The fourth-order valence-corrected chi connectivity index (χ4v) is 1.77. The highest BCUT2D eigenvalue weighted by Crippen LogP contribution is 2.17. The third-order valence-corrected chi connectivity index (χ3v) is 2.57. The molecule has 80 valence electrons. The average Bonchev–Trinajstić information content (AvgIpc) is 2.66. The van der Waals surface area contributed by atoms with Crippen molar-refractivity contribution in [3.8, 4) is 0 Å². The van der Waals surface area contributed by atoms with Crippen LogP contribution in [0.2, 0.25) is 0 Å². The Kier molecular flexibility index (Phi) is 4.65. The summed E-state index contributed by atoms with van der Waals surface area (Å²) in [7, 11) is 1.36. The van der Waals surface area contributed by atoms with Crippen molar-refractivity contribution in [2.24, 2.45) is 0 Å². The molecule has 0 aromatic carbocycles. The van der Waals surface area contributed by atoms with Gasteiger partial charge in [-0.1, -0.05) is 12.8 Å². The Morgan fingerprint density at radius 2 is 2.14 bits per heavy atom. The fraction of sp³-hybridized carbons (Fsp3) is 0.778. The molecule has 0 heterocycles. The van der Waals surface area contributed by atoms with Gasteiger partial charge in [-0.25, -0.2) is 0 Å². The van der Waals surface area contributed by atoms with Gasteiger partial charge in [-0.2, -0.15) is 0 Å². The number of carbonyl (C=O) groups excluding carboxylic acids is 1. The van der Waals surface area contributed by atoms with Crippen LogP contribution in [0.1, 0.15) is 25.7 Å². The maximum Gasteiger partial charge on any atom is 0.325 e. The Bertz CT molecular complexity index is 215. The molecule has 1 aliphatic rings. The van der Waals surface area contributed by atoms with Crippen LogP contribution in [-0.2, 0) is 9.53 Å². The second kappa shape index (κ2) is 5.80. The molecule has 0 saturated heterocycles. The van der Waals surface area contributed by atoms with E-state index in [4.69, 9.17) is 12.2 Å². The smallest absolute Gasteiger partial charge is 0.325 e. The molecule has 0 spiro atoms. The second-order valence-corrected chi connectivity index (χ2v) is 3.79. The average molecular weight is 216 g/mol. The Morgan fingerprint density at radius 1 is 1.50 bits per heavy atom. The highest BCUT2D eigenvalue weighted by Gasteiger charge is 2.15. The lowest BCUT2D eigenvalue weighted by atomic mass is 10.3. The van der Waals surface area contributed by atoms with Gasteiger partial charge in [0.2, 0.25) is 0 Å². The maximum absolute atomic E-state index is 10.8. The van der Waals surface area contributed by atoms with Crippen LogP contribution in [0.4, 0.5) is 0 Å². The number of carbonyl (C=O) groups is 1. The summed E-state index contributed by atoms with van der Waals surface area (Å²) in [5.74, 6) is -0.305. The number of hydrogen-bond donors (Lipinski definition) is 2. The minimum absolute atomic E-state index is 0.134. The van der Waals surface area contributed by atoms with Crippen LogP contribution in [-0.4, -0.2) is 30.8 Å². The molecule has 14 heavy (non-hydrogen) atoms. The molecule has 0 bridgehead atoms. The molecule has 1 rings (SSSR count). The quantitative estimate of drug-likeness (QED) is 0.533. The van der Waals surface area contributed by atoms with Crippen molar-refractivity contribution < 1.29 is 9.53 Å². The van der Waals surface area contributed by atoms with Crippen molar-refractivity contribution >= 4 is 23.3 Å². The summed E-state index contributed by atoms with van der Waals surface area (Å²) in [5, 5.41) is 6.52. The van der Waals surface area contributed by atoms with Crippen molar-refractivity contribution in [1.82, 2.24) is 10.6 Å². The van der Waals surface area contributed by atoms with Crippen LogP contribution in [0.15, 0.2) is 0 Å². The summed E-state index contributed by atoms with van der Waals surface area (Å²) in [5.41, 5.74) is 0. The zero-order chi connectivity index (χ0) is 10.4. The molecule has 0 aliphatic heterocycles. The standard InChI is InChI=1S/C9H16N2O2S/c1-13-8(12)6-10-9(14)11-7-4-2-3-5-7/h7H,2-6H2,1H3,(H2,10,11,14). The van der Waals surface area contributed by atoms with E-state index in [1.165, 1.54) is 32.8 Å². The molecule has 0 amide bonds. The van der Waals surface area contributed by atoms with E-state index in [-0.39, 0.29) is 12.5 Å². The van der Waals surface area contributed by atoms with Gasteiger partial charge in [0.15, 0.2) is 5.11 Å². The number of nitrogens with one attached hydrogen (secondary N) is 2. The SMILES string of the molecule is COC(=O)CNC(=S)NC1CCCC1. The Morgan fingerprint density at radius 3 is 2.71 bits per heavy atom. The van der Waals surface area contributed by atoms with Gasteiger partial charge in [0, 0.05) is 6.04 Å². The van der Waals surface area contributed by atoms with E-state index >= 15 is 0 Å². The van der Waals surface area contributed by atoms with Gasteiger partial charge in [0.1, 0.15) is 6.54 Å². The van der Waals surface area contributed by atoms with Crippen LogP contribution in [0.5, 0.6) is 0 Å². The Labute approximate surface area is 89.4 Å². The fourth-order valence-electron chi connectivity index (χ4n) is 1.53. The van der Waals surface area contributed by atoms with Gasteiger partial charge in [-0.3, -0.25) is 4.79 Å². The molecule has 0 unspecified atom stereocenters. The van der Waals surface area contributed by atoms with E-state index < -0.39 is 0 Å². The van der Waals surface area contributed by atoms with Gasteiger partial charge in [0.25, 0.3) is 0 Å². The molecule has 0 radical (unpaired) electrons. The first-order valence-electron chi connectivity index (χ1n) is 4.83. The van der Waals surface area contributed by atoms with Crippen molar-refractivity contribution in [3.63, 3.8) is 0 Å². The predicted octanol–water partition coefficient (Wildman–Crippen LogP) is 0.566. The van der Waals surface area contributed by atoms with Gasteiger partial charge in [-0.15, -0.1) is 0 Å². The van der Waals surface area contributed by atoms with Gasteiger partial charge in [0.05, 0.1) is 7.11 Å². The number of methoxy groups -OCH3 is 1. The molecular weight excluding hydrogens is 200 g/mol. The lowest BCUT2D eigenvalue weighted by Crippen LogP contribution is -2.42. The highest BCUT2D eigenvalue weighted by molar-refractivity contribution is 7.80. The number of ether oxygens (including phenoxy) is 1. The number of esters is 1. The predicted molar refractivity (Wildman–Crippen MR) is 58.0 cm³/mol. The van der Waals surface area contributed by atoms with E-state index in [0.717, 1.165) is 0 Å². The summed E-state index contributed by atoms with van der Waals surface area (Å²) in [4.78, 5) is 10.8. The van der Waals surface area contributed by atoms with Crippen LogP contribution in [0, 0.1) is 0 Å². The number of hydrogen-bond acceptors (Lipinski definition) is 3. The molecule has 4 nitrogen and oxygen atoms in total. The van der Waals surface area contributed by atoms with E-state index in [0.29, 0.717) is 11.2 Å². The minimum atomic E-state index is -0.305. The van der Waals surface area contributed by atoms with E-state index in [2.05, 4.69) is 15.4 Å². The van der Waals surface area contributed by atoms with Gasteiger partial charge in [-0.05, 0) is 25.1 Å². The molecule has 1 fully saturated rings. The van der Waals surface area contributed by atoms with Crippen LogP contribution >= 0.6 is 12.2 Å². The van der Waals surface area contributed by atoms with E-state index in [1.807, 2.05) is 0 Å². The second-order valence-electron chi connectivity index (χ2n) is 3.38. The third-order valence-electron chi connectivity index (χ3n) is 2.31. The van der Waals surface area contributed by atoms with Crippen LogP contribution < -0.4 is 10.6 Å². The monoisotopic (exact) mass is 216 g/mol. The van der Waals surface area contributed by atoms with Gasteiger partial charge < -0.3 is 15.4 Å². The first-order chi connectivity index (χ1) is 6.72. The molecular formula is C9H16N2O2S. The molecule has 0 aromatic heterocycles. The minimum Gasteiger partial charge on any atom is -0.468 e. The topological polar surface area (TPSA) is 50.4 Å². The summed E-state index contributed by atoms with van der Waals surface area (Å²) in [6, 6.07) is 0.479. The van der Waals surface area contributed by atoms with Gasteiger partial charge >= 0.3 is 5.97 Å². The Hall–Kier alpha value is -0.840. The number of rotatable bonds is 3. The molecule has 1 aliphatic carbocycles. The first-order valence-corrected chi connectivity index (χ1v) is 5.24. The normalized spacial score (nSPS) is 16.4. The highest BCUT2D eigenvalue weighted by atomic mass is 32.1. The lowest BCUT2D eigenvalue weighted by Gasteiger charge is -2.14. The van der Waals surface area contributed by atoms with Crippen molar-refractivity contribution in [3.05, 3.63) is 0 Å². The molecule has 0 aromatic rings. The number of thiocarbonyl (C=S) groups is 1. The molecule has 0 atom stereocenters. The largest absolute Gasteiger partial charge is 0.468 e. The Balaban J connectivity index is 2.12. The zero-order valence-corrected chi connectivity index (χ0v) is 9.15. The van der Waals surface area contributed by atoms with Crippen molar-refractivity contribution in [1.29, 1.82) is 0 Å². The van der Waals surface area contributed by atoms with Crippen LogP contribution in [0.25, 0.3) is 0 Å². The molecule has 1 saturated carbocycles. The maximum atomic E-state index is 10.8. The molecule has 2 N–H and O–H groups in total. The molecule has 5 heteroatoms. The summed E-state index contributed by atoms with van der Waals surface area (Å²) in [6.07, 6.45) is 4.86. The van der Waals surface area contributed by atoms with E-state index in [9.17, 15) is 4.79 Å². The first kappa shape index (κ1) is 11.2. The third kappa shape index (κ3) is 3.91. The lowest BCUT2D eigenvalue weighted by molar-refractivity contribution is -0.139.